The molecule has 0 aliphatic heterocycles. The normalized spacial score (nSPS) is 24.1. The van der Waals surface area contributed by atoms with Gasteiger partial charge in [-0.05, 0) is 12.8 Å². The molecule has 0 saturated heterocycles. The van der Waals surface area contributed by atoms with Crippen molar-refractivity contribution in [2.24, 2.45) is 5.73 Å². The second-order valence-corrected chi connectivity index (χ2v) is 2.66. The number of urea groups is 1. The van der Waals surface area contributed by atoms with Crippen LogP contribution in [-0.2, 0) is 0 Å². The molecule has 3 N–H and O–H groups in total. The van der Waals surface area contributed by atoms with Gasteiger partial charge in [-0.25, -0.2) is 4.79 Å². The highest BCUT2D eigenvalue weighted by molar-refractivity contribution is 6.30. The first-order valence-corrected chi connectivity index (χ1v) is 3.49. The largest absolute Gasteiger partial charge is 0.352 e. The number of carbonyl (C=O) groups excluding carboxylic acids is 1. The molecule has 0 bridgehead atoms. The Morgan fingerprint density at radius 1 is 1.90 bits per heavy atom. The van der Waals surface area contributed by atoms with Crippen LogP contribution in [0.5, 0.6) is 0 Å². The topological polar surface area (TPSA) is 55.1 Å². The minimum atomic E-state index is -0.515. The molecule has 0 aromatic carbocycles. The lowest BCUT2D eigenvalue weighted by molar-refractivity contribution is 0.247. The maximum Gasteiger partial charge on any atom is 0.312 e. The Kier molecular flexibility index (Phi) is 2.17. The quantitative estimate of drug-likeness (QED) is 0.590. The summed E-state index contributed by atoms with van der Waals surface area (Å²) in [6.45, 7) is 0. The lowest BCUT2D eigenvalue weighted by atomic mass is 10.3. The summed E-state index contributed by atoms with van der Waals surface area (Å²) in [6.07, 6.45) is 3.67. The molecule has 56 valence electrons. The number of carbonyl (C=O) groups is 1. The van der Waals surface area contributed by atoms with Gasteiger partial charge in [-0.15, -0.1) is 0 Å². The summed E-state index contributed by atoms with van der Waals surface area (Å²) in [5, 5.41) is 3.22. The van der Waals surface area contributed by atoms with Gasteiger partial charge in [0.15, 0.2) is 0 Å². The van der Waals surface area contributed by atoms with Crippen LogP contribution in [0.25, 0.3) is 0 Å². The highest BCUT2D eigenvalue weighted by Crippen LogP contribution is 2.21. The van der Waals surface area contributed by atoms with Crippen molar-refractivity contribution in [1.29, 1.82) is 0 Å². The minimum absolute atomic E-state index is 0.0424. The average molecular weight is 161 g/mol. The predicted molar refractivity (Wildman–Crippen MR) is 39.7 cm³/mol. The monoisotopic (exact) mass is 160 g/mol. The van der Waals surface area contributed by atoms with Gasteiger partial charge in [0.1, 0.15) is 0 Å². The maximum atomic E-state index is 10.3. The fourth-order valence-corrected chi connectivity index (χ4v) is 1.25. The summed E-state index contributed by atoms with van der Waals surface area (Å²) in [5.41, 5.74) is 4.90. The highest BCUT2D eigenvalue weighted by Gasteiger charge is 2.17. The molecule has 1 atom stereocenters. The van der Waals surface area contributed by atoms with Crippen LogP contribution < -0.4 is 11.1 Å². The summed E-state index contributed by atoms with van der Waals surface area (Å²) in [4.78, 5) is 10.3. The van der Waals surface area contributed by atoms with E-state index in [4.69, 9.17) is 17.3 Å². The summed E-state index contributed by atoms with van der Waals surface area (Å²) in [6, 6.07) is -0.558. The zero-order chi connectivity index (χ0) is 7.56. The van der Waals surface area contributed by atoms with E-state index in [1.165, 1.54) is 0 Å². The summed E-state index contributed by atoms with van der Waals surface area (Å²) in [7, 11) is 0. The van der Waals surface area contributed by atoms with E-state index in [0.29, 0.717) is 5.03 Å². The van der Waals surface area contributed by atoms with E-state index < -0.39 is 6.03 Å². The zero-order valence-electron chi connectivity index (χ0n) is 5.43. The van der Waals surface area contributed by atoms with Crippen LogP contribution in [0.4, 0.5) is 4.79 Å². The van der Waals surface area contributed by atoms with Gasteiger partial charge in [-0.2, -0.15) is 0 Å². The Morgan fingerprint density at radius 2 is 2.60 bits per heavy atom. The third-order valence-corrected chi connectivity index (χ3v) is 1.86. The van der Waals surface area contributed by atoms with Crippen molar-refractivity contribution >= 4 is 17.6 Å². The number of halogens is 1. The van der Waals surface area contributed by atoms with Gasteiger partial charge in [0.2, 0.25) is 0 Å². The minimum Gasteiger partial charge on any atom is -0.352 e. The Labute approximate surface area is 64.2 Å². The van der Waals surface area contributed by atoms with Gasteiger partial charge in [0.25, 0.3) is 0 Å². The van der Waals surface area contributed by atoms with E-state index >= 15 is 0 Å². The molecule has 0 saturated carbocycles. The molecule has 0 radical (unpaired) electrons. The fraction of sp³-hybridized carbons (Fsp3) is 0.500. The first kappa shape index (κ1) is 7.41. The van der Waals surface area contributed by atoms with Crippen molar-refractivity contribution in [3.8, 4) is 0 Å². The van der Waals surface area contributed by atoms with Crippen LogP contribution in [0.3, 0.4) is 0 Å². The molecule has 0 fully saturated rings. The van der Waals surface area contributed by atoms with E-state index in [9.17, 15) is 4.79 Å². The molecule has 0 aromatic rings. The third kappa shape index (κ3) is 1.64. The van der Waals surface area contributed by atoms with Gasteiger partial charge in [0.05, 0.1) is 6.04 Å². The lowest BCUT2D eigenvalue weighted by Crippen LogP contribution is -2.37. The van der Waals surface area contributed by atoms with Gasteiger partial charge in [-0.1, -0.05) is 17.7 Å². The SMILES string of the molecule is NC(=O)N[C@@H]1CCC=C1Cl. The number of nitrogens with one attached hydrogen (secondary N) is 1. The van der Waals surface area contributed by atoms with Crippen LogP contribution in [0, 0.1) is 0 Å². The second kappa shape index (κ2) is 2.92. The first-order chi connectivity index (χ1) is 4.70. The first-order valence-electron chi connectivity index (χ1n) is 3.11. The zero-order valence-corrected chi connectivity index (χ0v) is 6.19. The van der Waals surface area contributed by atoms with Crippen LogP contribution in [0.15, 0.2) is 11.1 Å². The van der Waals surface area contributed by atoms with Crippen molar-refractivity contribution in [3.63, 3.8) is 0 Å². The van der Waals surface area contributed by atoms with Crippen LogP contribution in [-0.4, -0.2) is 12.1 Å². The number of hydrogen-bond acceptors (Lipinski definition) is 1. The Hall–Kier alpha value is -0.700. The van der Waals surface area contributed by atoms with E-state index in [1.54, 1.807) is 0 Å². The van der Waals surface area contributed by atoms with E-state index in [1.807, 2.05) is 6.08 Å². The van der Waals surface area contributed by atoms with Crippen molar-refractivity contribution in [3.05, 3.63) is 11.1 Å². The summed E-state index contributed by atoms with van der Waals surface area (Å²) in [5.74, 6) is 0. The molecule has 0 aromatic heterocycles. The predicted octanol–water partition coefficient (Wildman–Crippen LogP) is 0.940. The van der Waals surface area contributed by atoms with Crippen molar-refractivity contribution in [2.45, 2.75) is 18.9 Å². The molecule has 4 heteroatoms. The van der Waals surface area contributed by atoms with E-state index in [2.05, 4.69) is 5.32 Å². The number of hydrogen-bond donors (Lipinski definition) is 2. The molecule has 1 aliphatic rings. The summed E-state index contributed by atoms with van der Waals surface area (Å²) < 4.78 is 0. The Balaban J connectivity index is 2.43. The number of rotatable bonds is 1. The van der Waals surface area contributed by atoms with Gasteiger partial charge in [0, 0.05) is 5.03 Å². The number of primary amides is 1. The molecule has 1 aliphatic carbocycles. The molecule has 1 rings (SSSR count). The van der Waals surface area contributed by atoms with Crippen molar-refractivity contribution in [1.82, 2.24) is 5.32 Å². The smallest absolute Gasteiger partial charge is 0.312 e. The van der Waals surface area contributed by atoms with Crippen LogP contribution >= 0.6 is 11.6 Å². The van der Waals surface area contributed by atoms with E-state index in [-0.39, 0.29) is 6.04 Å². The van der Waals surface area contributed by atoms with E-state index in [0.717, 1.165) is 12.8 Å². The van der Waals surface area contributed by atoms with Crippen molar-refractivity contribution in [2.75, 3.05) is 0 Å². The standard InChI is InChI=1S/C6H9ClN2O/c7-4-2-1-3-5(4)9-6(8)10/h2,5H,1,3H2,(H3,8,9,10)/t5-/m1/s1. The molecular weight excluding hydrogens is 152 g/mol. The Morgan fingerprint density at radius 3 is 3.00 bits per heavy atom. The molecule has 0 unspecified atom stereocenters. The Bertz CT molecular complexity index is 179. The molecule has 0 heterocycles. The number of amides is 2. The van der Waals surface area contributed by atoms with Gasteiger partial charge < -0.3 is 11.1 Å². The van der Waals surface area contributed by atoms with Crippen LogP contribution in [0.2, 0.25) is 0 Å². The van der Waals surface area contributed by atoms with Gasteiger partial charge in [-0.3, -0.25) is 0 Å². The highest BCUT2D eigenvalue weighted by atomic mass is 35.5. The lowest BCUT2D eigenvalue weighted by Gasteiger charge is -2.09. The molecule has 0 spiro atoms. The molecule has 10 heavy (non-hydrogen) atoms. The molecular formula is C6H9ClN2O. The van der Waals surface area contributed by atoms with Crippen LogP contribution in [0.1, 0.15) is 12.8 Å². The molecule has 3 nitrogen and oxygen atoms in total. The second-order valence-electron chi connectivity index (χ2n) is 2.23. The number of allylic oxidation sites excluding steroid dienone is 1. The average Bonchev–Trinajstić information content (AvgIpc) is 2.15. The fourth-order valence-electron chi connectivity index (χ4n) is 0.981. The third-order valence-electron chi connectivity index (χ3n) is 1.44. The molecule has 2 amide bonds. The van der Waals surface area contributed by atoms with Gasteiger partial charge >= 0.3 is 6.03 Å². The number of nitrogens with two attached hydrogens (primary N) is 1. The maximum absolute atomic E-state index is 10.3. The van der Waals surface area contributed by atoms with Crippen molar-refractivity contribution < 1.29 is 4.79 Å². The summed E-state index contributed by atoms with van der Waals surface area (Å²) >= 11 is 5.71.